The molecule has 0 bridgehead atoms. The van der Waals surface area contributed by atoms with Crippen molar-refractivity contribution in [2.24, 2.45) is 5.92 Å². The fraction of sp³-hybridized carbons (Fsp3) is 0.733. The molecule has 0 atom stereocenters. The second kappa shape index (κ2) is 7.43. The number of aromatic nitrogens is 2. The molecule has 1 fully saturated rings. The zero-order valence-electron chi connectivity index (χ0n) is 12.8. The first-order valence-electron chi connectivity index (χ1n) is 7.61. The minimum atomic E-state index is 0.827. The van der Waals surface area contributed by atoms with Gasteiger partial charge in [0.15, 0.2) is 0 Å². The number of aryl methyl sites for hydroxylation is 1. The predicted molar refractivity (Wildman–Crippen MR) is 82.3 cm³/mol. The summed E-state index contributed by atoms with van der Waals surface area (Å²) < 4.78 is 5.63. The number of hydrogen-bond donors (Lipinski definition) is 2. The average molecular weight is 278 g/mol. The molecule has 20 heavy (non-hydrogen) atoms. The number of nitrogens with zero attached hydrogens (tertiary/aromatic N) is 2. The zero-order chi connectivity index (χ0) is 14.4. The van der Waals surface area contributed by atoms with Crippen LogP contribution in [0.15, 0.2) is 0 Å². The fourth-order valence-corrected chi connectivity index (χ4v) is 2.05. The molecular weight excluding hydrogens is 252 g/mol. The van der Waals surface area contributed by atoms with E-state index >= 15 is 0 Å². The molecule has 0 aliphatic heterocycles. The largest absolute Gasteiger partial charge is 0.381 e. The molecule has 1 heterocycles. The molecule has 5 heteroatoms. The van der Waals surface area contributed by atoms with Crippen LogP contribution in [0.4, 0.5) is 11.6 Å². The van der Waals surface area contributed by atoms with Gasteiger partial charge in [-0.1, -0.05) is 6.92 Å². The van der Waals surface area contributed by atoms with E-state index in [0.29, 0.717) is 0 Å². The maximum atomic E-state index is 5.63. The lowest BCUT2D eigenvalue weighted by Gasteiger charge is -2.13. The van der Waals surface area contributed by atoms with Crippen molar-refractivity contribution in [1.29, 1.82) is 0 Å². The predicted octanol–water partition coefficient (Wildman–Crippen LogP) is 2.62. The van der Waals surface area contributed by atoms with Crippen molar-refractivity contribution < 1.29 is 4.74 Å². The van der Waals surface area contributed by atoms with Gasteiger partial charge in [-0.15, -0.1) is 0 Å². The number of anilines is 2. The second-order valence-corrected chi connectivity index (χ2v) is 5.36. The van der Waals surface area contributed by atoms with Gasteiger partial charge in [0.05, 0.1) is 0 Å². The Hall–Kier alpha value is -1.36. The molecule has 0 unspecified atom stereocenters. The third-order valence-electron chi connectivity index (χ3n) is 3.55. The molecule has 112 valence electrons. The van der Waals surface area contributed by atoms with E-state index in [2.05, 4.69) is 27.5 Å². The minimum absolute atomic E-state index is 0.827. The van der Waals surface area contributed by atoms with E-state index in [4.69, 9.17) is 4.74 Å². The van der Waals surface area contributed by atoms with Crippen molar-refractivity contribution in [3.8, 4) is 0 Å². The summed E-state index contributed by atoms with van der Waals surface area (Å²) in [5, 5.41) is 6.52. The second-order valence-electron chi connectivity index (χ2n) is 5.36. The summed E-state index contributed by atoms with van der Waals surface area (Å²) in [6.07, 6.45) is 4.55. The Labute approximate surface area is 121 Å². The lowest BCUT2D eigenvalue weighted by molar-refractivity contribution is 0.124. The number of nitrogens with one attached hydrogen (secondary N) is 2. The molecular formula is C15H26N4O. The summed E-state index contributed by atoms with van der Waals surface area (Å²) in [5.41, 5.74) is 1.07. The quantitative estimate of drug-likeness (QED) is 0.680. The molecule has 5 nitrogen and oxygen atoms in total. The van der Waals surface area contributed by atoms with Gasteiger partial charge in [-0.05, 0) is 32.1 Å². The topological polar surface area (TPSA) is 59.1 Å². The Morgan fingerprint density at radius 3 is 2.65 bits per heavy atom. The van der Waals surface area contributed by atoms with Crippen LogP contribution < -0.4 is 10.6 Å². The SMILES string of the molecule is CCc1nc(NC)c(C)c(NCCCOCC2CC2)n1. The van der Waals surface area contributed by atoms with E-state index in [1.54, 1.807) is 0 Å². The van der Waals surface area contributed by atoms with Crippen LogP contribution in [0.25, 0.3) is 0 Å². The Morgan fingerprint density at radius 1 is 1.25 bits per heavy atom. The molecule has 0 spiro atoms. The van der Waals surface area contributed by atoms with Crippen LogP contribution in [0, 0.1) is 12.8 Å². The van der Waals surface area contributed by atoms with Crippen LogP contribution in [-0.4, -0.2) is 36.8 Å². The average Bonchev–Trinajstić information content (AvgIpc) is 3.28. The molecule has 1 aliphatic rings. The third-order valence-corrected chi connectivity index (χ3v) is 3.55. The van der Waals surface area contributed by atoms with Gasteiger partial charge >= 0.3 is 0 Å². The first kappa shape index (κ1) is 15.0. The van der Waals surface area contributed by atoms with E-state index in [1.807, 2.05) is 14.0 Å². The third kappa shape index (κ3) is 4.34. The van der Waals surface area contributed by atoms with E-state index in [1.165, 1.54) is 12.8 Å². The van der Waals surface area contributed by atoms with Crippen LogP contribution in [-0.2, 0) is 11.2 Å². The van der Waals surface area contributed by atoms with Crippen molar-refractivity contribution >= 4 is 11.6 Å². The van der Waals surface area contributed by atoms with E-state index < -0.39 is 0 Å². The zero-order valence-corrected chi connectivity index (χ0v) is 12.8. The van der Waals surface area contributed by atoms with Gasteiger partial charge < -0.3 is 15.4 Å². The Bertz CT molecular complexity index is 432. The summed E-state index contributed by atoms with van der Waals surface area (Å²) in [5.74, 6) is 3.55. The van der Waals surface area contributed by atoms with Crippen molar-refractivity contribution in [2.75, 3.05) is 37.4 Å². The normalized spacial score (nSPS) is 14.3. The molecule has 1 saturated carbocycles. The Kier molecular flexibility index (Phi) is 5.59. The van der Waals surface area contributed by atoms with Gasteiger partial charge in [-0.3, -0.25) is 0 Å². The van der Waals surface area contributed by atoms with Gasteiger partial charge in [0, 0.05) is 38.8 Å². The monoisotopic (exact) mass is 278 g/mol. The van der Waals surface area contributed by atoms with Gasteiger partial charge in [0.2, 0.25) is 0 Å². The van der Waals surface area contributed by atoms with Gasteiger partial charge in [0.25, 0.3) is 0 Å². The van der Waals surface area contributed by atoms with E-state index in [0.717, 1.165) is 61.5 Å². The molecule has 2 rings (SSSR count). The van der Waals surface area contributed by atoms with Gasteiger partial charge in [0.1, 0.15) is 17.5 Å². The Balaban J connectivity index is 1.78. The first-order chi connectivity index (χ1) is 9.74. The summed E-state index contributed by atoms with van der Waals surface area (Å²) in [6, 6.07) is 0. The minimum Gasteiger partial charge on any atom is -0.381 e. The van der Waals surface area contributed by atoms with Crippen LogP contribution in [0.5, 0.6) is 0 Å². The molecule has 1 aromatic heterocycles. The van der Waals surface area contributed by atoms with Crippen molar-refractivity contribution in [1.82, 2.24) is 9.97 Å². The van der Waals surface area contributed by atoms with Crippen LogP contribution >= 0.6 is 0 Å². The highest BCUT2D eigenvalue weighted by molar-refractivity contribution is 5.56. The maximum Gasteiger partial charge on any atom is 0.134 e. The van der Waals surface area contributed by atoms with Crippen LogP contribution in [0.2, 0.25) is 0 Å². The Morgan fingerprint density at radius 2 is 2.00 bits per heavy atom. The van der Waals surface area contributed by atoms with Gasteiger partial charge in [-0.2, -0.15) is 0 Å². The molecule has 1 aromatic rings. The highest BCUT2D eigenvalue weighted by Crippen LogP contribution is 2.28. The summed E-state index contributed by atoms with van der Waals surface area (Å²) in [4.78, 5) is 9.02. The standard InChI is InChI=1S/C15H26N4O/c1-4-13-18-14(16-3)11(2)15(19-13)17-8-5-9-20-10-12-6-7-12/h12H,4-10H2,1-3H3,(H2,16,17,18,19). The summed E-state index contributed by atoms with van der Waals surface area (Å²) in [7, 11) is 1.89. The highest BCUT2D eigenvalue weighted by atomic mass is 16.5. The summed E-state index contributed by atoms with van der Waals surface area (Å²) in [6.45, 7) is 6.76. The number of hydrogen-bond acceptors (Lipinski definition) is 5. The molecule has 2 N–H and O–H groups in total. The highest BCUT2D eigenvalue weighted by Gasteiger charge is 2.20. The lowest BCUT2D eigenvalue weighted by Crippen LogP contribution is -2.12. The molecule has 0 saturated heterocycles. The van der Waals surface area contributed by atoms with E-state index in [-0.39, 0.29) is 0 Å². The molecule has 0 amide bonds. The van der Waals surface area contributed by atoms with Crippen LogP contribution in [0.1, 0.15) is 37.6 Å². The van der Waals surface area contributed by atoms with Crippen molar-refractivity contribution in [2.45, 2.75) is 39.5 Å². The molecule has 0 radical (unpaired) electrons. The lowest BCUT2D eigenvalue weighted by atomic mass is 10.3. The van der Waals surface area contributed by atoms with Crippen molar-refractivity contribution in [3.63, 3.8) is 0 Å². The first-order valence-corrected chi connectivity index (χ1v) is 7.61. The smallest absolute Gasteiger partial charge is 0.134 e. The molecule has 1 aliphatic carbocycles. The number of ether oxygens (including phenoxy) is 1. The van der Waals surface area contributed by atoms with Crippen molar-refractivity contribution in [3.05, 3.63) is 11.4 Å². The maximum absolute atomic E-state index is 5.63. The van der Waals surface area contributed by atoms with Gasteiger partial charge in [-0.25, -0.2) is 9.97 Å². The molecule has 0 aromatic carbocycles. The fourth-order valence-electron chi connectivity index (χ4n) is 2.05. The van der Waals surface area contributed by atoms with Crippen LogP contribution in [0.3, 0.4) is 0 Å². The summed E-state index contributed by atoms with van der Waals surface area (Å²) >= 11 is 0. The number of rotatable bonds is 9. The van der Waals surface area contributed by atoms with E-state index in [9.17, 15) is 0 Å².